The second kappa shape index (κ2) is 6.29. The van der Waals surface area contributed by atoms with E-state index >= 15 is 0 Å². The summed E-state index contributed by atoms with van der Waals surface area (Å²) in [7, 11) is -2.24. The summed E-state index contributed by atoms with van der Waals surface area (Å²) in [6.45, 7) is 3.17. The number of ether oxygens (including phenoxy) is 1. The van der Waals surface area contributed by atoms with E-state index in [1.807, 2.05) is 0 Å². The standard InChI is InChI=1S/C14H21FN2O3S/c1-10-13(15)6-12(7-14(10)16)21(18,19)17(2)8-11-4-3-5-20-9-11/h6-7,11H,3-5,8-9,16H2,1-2H3. The fraction of sp³-hybridized carbons (Fsp3) is 0.571. The van der Waals surface area contributed by atoms with Gasteiger partial charge >= 0.3 is 0 Å². The first kappa shape index (κ1) is 16.2. The van der Waals surface area contributed by atoms with Crippen molar-refractivity contribution in [2.24, 2.45) is 5.92 Å². The minimum atomic E-state index is -3.74. The first-order valence-electron chi connectivity index (χ1n) is 6.92. The minimum Gasteiger partial charge on any atom is -0.398 e. The van der Waals surface area contributed by atoms with Crippen LogP contribution in [0, 0.1) is 18.7 Å². The van der Waals surface area contributed by atoms with Crippen LogP contribution in [0.4, 0.5) is 10.1 Å². The lowest BCUT2D eigenvalue weighted by molar-refractivity contribution is 0.0495. The first-order valence-corrected chi connectivity index (χ1v) is 8.36. The zero-order valence-corrected chi connectivity index (χ0v) is 13.1. The molecule has 0 spiro atoms. The van der Waals surface area contributed by atoms with Gasteiger partial charge in [0.15, 0.2) is 0 Å². The Morgan fingerprint density at radius 3 is 2.76 bits per heavy atom. The van der Waals surface area contributed by atoms with Crippen molar-refractivity contribution in [3.05, 3.63) is 23.5 Å². The molecule has 0 aliphatic carbocycles. The fourth-order valence-electron chi connectivity index (χ4n) is 2.42. The highest BCUT2D eigenvalue weighted by Gasteiger charge is 2.26. The van der Waals surface area contributed by atoms with Crippen molar-refractivity contribution in [3.63, 3.8) is 0 Å². The third kappa shape index (κ3) is 3.53. The van der Waals surface area contributed by atoms with Gasteiger partial charge in [-0.3, -0.25) is 0 Å². The van der Waals surface area contributed by atoms with Crippen LogP contribution in [0.2, 0.25) is 0 Å². The van der Waals surface area contributed by atoms with E-state index in [2.05, 4.69) is 0 Å². The summed E-state index contributed by atoms with van der Waals surface area (Å²) in [5, 5.41) is 0. The quantitative estimate of drug-likeness (QED) is 0.859. The first-order chi connectivity index (χ1) is 9.82. The van der Waals surface area contributed by atoms with Crippen LogP contribution in [0.5, 0.6) is 0 Å². The number of sulfonamides is 1. The number of benzene rings is 1. The molecule has 2 N–H and O–H groups in total. The van der Waals surface area contributed by atoms with Crippen LogP contribution >= 0.6 is 0 Å². The SMILES string of the molecule is Cc1c(N)cc(S(=O)(=O)N(C)CC2CCCOC2)cc1F. The average Bonchev–Trinajstić information content (AvgIpc) is 2.45. The highest BCUT2D eigenvalue weighted by Crippen LogP contribution is 2.24. The second-order valence-corrected chi connectivity index (χ2v) is 7.53. The average molecular weight is 316 g/mol. The fourth-order valence-corrected chi connectivity index (χ4v) is 3.71. The maximum Gasteiger partial charge on any atom is 0.243 e. The van der Waals surface area contributed by atoms with Crippen LogP contribution in [0.15, 0.2) is 17.0 Å². The number of hydrogen-bond acceptors (Lipinski definition) is 4. The van der Waals surface area contributed by atoms with Crippen molar-refractivity contribution >= 4 is 15.7 Å². The maximum atomic E-state index is 13.7. The summed E-state index contributed by atoms with van der Waals surface area (Å²) < 4.78 is 45.3. The van der Waals surface area contributed by atoms with Crippen LogP contribution in [0.3, 0.4) is 0 Å². The molecule has 7 heteroatoms. The Morgan fingerprint density at radius 1 is 1.48 bits per heavy atom. The smallest absolute Gasteiger partial charge is 0.243 e. The van der Waals surface area contributed by atoms with Gasteiger partial charge < -0.3 is 10.5 Å². The molecule has 0 amide bonds. The van der Waals surface area contributed by atoms with Crippen LogP contribution < -0.4 is 5.73 Å². The predicted octanol–water partition coefficient (Wildman–Crippen LogP) is 1.76. The molecule has 1 unspecified atom stereocenters. The number of hydrogen-bond donors (Lipinski definition) is 1. The van der Waals surface area contributed by atoms with Gasteiger partial charge in [-0.15, -0.1) is 0 Å². The Labute approximate surface area is 124 Å². The molecule has 5 nitrogen and oxygen atoms in total. The molecule has 1 aliphatic rings. The highest BCUT2D eigenvalue weighted by atomic mass is 32.2. The van der Waals surface area contributed by atoms with Crippen molar-refractivity contribution in [1.82, 2.24) is 4.31 Å². The van der Waals surface area contributed by atoms with Gasteiger partial charge in [-0.2, -0.15) is 0 Å². The second-order valence-electron chi connectivity index (χ2n) is 5.49. The van der Waals surface area contributed by atoms with Crippen molar-refractivity contribution in [2.45, 2.75) is 24.7 Å². The largest absolute Gasteiger partial charge is 0.398 e. The lowest BCUT2D eigenvalue weighted by atomic mass is 10.0. The molecule has 1 heterocycles. The van der Waals surface area contributed by atoms with Gasteiger partial charge in [-0.05, 0) is 37.8 Å². The molecule has 118 valence electrons. The lowest BCUT2D eigenvalue weighted by Gasteiger charge is -2.26. The summed E-state index contributed by atoms with van der Waals surface area (Å²) in [6, 6.07) is 2.33. The third-order valence-electron chi connectivity index (χ3n) is 3.84. The maximum absolute atomic E-state index is 13.7. The van der Waals surface area contributed by atoms with Crippen molar-refractivity contribution < 1.29 is 17.5 Å². The van der Waals surface area contributed by atoms with E-state index in [4.69, 9.17) is 10.5 Å². The summed E-state index contributed by atoms with van der Waals surface area (Å²) in [6.07, 6.45) is 1.87. The van der Waals surface area contributed by atoms with Crippen LogP contribution in [0.1, 0.15) is 18.4 Å². The molecule has 0 aromatic heterocycles. The number of rotatable bonds is 4. The van der Waals surface area contributed by atoms with E-state index in [-0.39, 0.29) is 22.1 Å². The van der Waals surface area contributed by atoms with E-state index < -0.39 is 15.8 Å². The van der Waals surface area contributed by atoms with E-state index in [0.717, 1.165) is 25.5 Å². The van der Waals surface area contributed by atoms with Crippen LogP contribution in [0.25, 0.3) is 0 Å². The van der Waals surface area contributed by atoms with Crippen molar-refractivity contribution in [1.29, 1.82) is 0 Å². The van der Waals surface area contributed by atoms with Gasteiger partial charge in [0.2, 0.25) is 10.0 Å². The molecule has 1 atom stereocenters. The minimum absolute atomic E-state index is 0.109. The molecule has 1 fully saturated rings. The number of nitrogen functional groups attached to an aromatic ring is 1. The molecule has 1 aliphatic heterocycles. The molecular weight excluding hydrogens is 295 g/mol. The Balaban J connectivity index is 2.20. The topological polar surface area (TPSA) is 72.6 Å². The van der Waals surface area contributed by atoms with Gasteiger partial charge in [0.25, 0.3) is 0 Å². The van der Waals surface area contributed by atoms with Crippen LogP contribution in [-0.4, -0.2) is 39.5 Å². The van der Waals surface area contributed by atoms with Crippen molar-refractivity contribution in [3.8, 4) is 0 Å². The molecular formula is C14H21FN2O3S. The molecule has 21 heavy (non-hydrogen) atoms. The zero-order chi connectivity index (χ0) is 15.6. The Morgan fingerprint density at radius 2 is 2.19 bits per heavy atom. The summed E-state index contributed by atoms with van der Waals surface area (Å²) >= 11 is 0. The normalized spacial score (nSPS) is 19.9. The summed E-state index contributed by atoms with van der Waals surface area (Å²) in [5.74, 6) is -0.436. The molecule has 0 bridgehead atoms. The van der Waals surface area contributed by atoms with Crippen molar-refractivity contribution in [2.75, 3.05) is 32.5 Å². The number of anilines is 1. The Bertz CT molecular complexity index is 590. The van der Waals surface area contributed by atoms with Gasteiger partial charge in [0, 0.05) is 31.5 Å². The number of halogens is 1. The van der Waals surface area contributed by atoms with Gasteiger partial charge in [0.05, 0.1) is 11.5 Å². The highest BCUT2D eigenvalue weighted by molar-refractivity contribution is 7.89. The Hall–Kier alpha value is -1.18. The van der Waals surface area contributed by atoms with E-state index in [0.29, 0.717) is 13.2 Å². The molecule has 1 aromatic rings. The predicted molar refractivity (Wildman–Crippen MR) is 78.9 cm³/mol. The van der Waals surface area contributed by atoms with E-state index in [1.165, 1.54) is 24.3 Å². The molecule has 0 radical (unpaired) electrons. The van der Waals surface area contributed by atoms with Crippen LogP contribution in [-0.2, 0) is 14.8 Å². The molecule has 0 saturated carbocycles. The third-order valence-corrected chi connectivity index (χ3v) is 5.64. The molecule has 2 rings (SSSR count). The monoisotopic (exact) mass is 316 g/mol. The van der Waals surface area contributed by atoms with E-state index in [9.17, 15) is 12.8 Å². The number of nitrogens with two attached hydrogens (primary N) is 1. The summed E-state index contributed by atoms with van der Waals surface area (Å²) in [4.78, 5) is -0.109. The molecule has 1 aromatic carbocycles. The Kier molecular flexibility index (Phi) is 4.85. The van der Waals surface area contributed by atoms with E-state index in [1.54, 1.807) is 0 Å². The van der Waals surface area contributed by atoms with Gasteiger partial charge in [-0.25, -0.2) is 17.1 Å². The zero-order valence-electron chi connectivity index (χ0n) is 12.3. The number of nitrogens with zero attached hydrogens (tertiary/aromatic N) is 1. The van der Waals surface area contributed by atoms with Gasteiger partial charge in [-0.1, -0.05) is 0 Å². The molecule has 1 saturated heterocycles. The summed E-state index contributed by atoms with van der Waals surface area (Å²) in [5.41, 5.74) is 6.06. The van der Waals surface area contributed by atoms with Gasteiger partial charge in [0.1, 0.15) is 5.82 Å². The lowest BCUT2D eigenvalue weighted by Crippen LogP contribution is -2.35.